The third kappa shape index (κ3) is 8.77. The van der Waals surface area contributed by atoms with Crippen LogP contribution in [0.4, 0.5) is 8.78 Å². The summed E-state index contributed by atoms with van der Waals surface area (Å²) in [6.07, 6.45) is 1.35. The third-order valence-corrected chi connectivity index (χ3v) is 6.02. The van der Waals surface area contributed by atoms with E-state index in [1.165, 1.54) is 37.3 Å². The van der Waals surface area contributed by atoms with E-state index in [9.17, 15) is 26.6 Å². The maximum Gasteiger partial charge on any atom is 0.694 e. The van der Waals surface area contributed by atoms with E-state index in [0.717, 1.165) is 12.1 Å². The van der Waals surface area contributed by atoms with Gasteiger partial charge in [0.05, 0.1) is 4.90 Å². The Morgan fingerprint density at radius 3 is 2.34 bits per heavy atom. The van der Waals surface area contributed by atoms with E-state index in [-0.39, 0.29) is 41.4 Å². The number of guanidine groups is 1. The lowest BCUT2D eigenvalue weighted by Crippen LogP contribution is -2.25. The quantitative estimate of drug-likeness (QED) is 0.111. The molecule has 1 amide bonds. The average molecular weight is 531 g/mol. The summed E-state index contributed by atoms with van der Waals surface area (Å²) in [5, 5.41) is 0. The summed E-state index contributed by atoms with van der Waals surface area (Å²) in [7, 11) is -6.66. The minimum atomic E-state index is -3.90. The van der Waals surface area contributed by atoms with Crippen LogP contribution in [0.3, 0.4) is 0 Å². The van der Waals surface area contributed by atoms with Crippen LogP contribution in [0.2, 0.25) is 0 Å². The van der Waals surface area contributed by atoms with Crippen LogP contribution in [0, 0.1) is 11.6 Å². The average Bonchev–Trinajstić information content (AvgIpc) is 2.75. The van der Waals surface area contributed by atoms with Crippen LogP contribution < -0.4 is 20.9 Å². The first-order valence-corrected chi connectivity index (χ1v) is 12.4. The fourth-order valence-electron chi connectivity index (χ4n) is 2.59. The number of nitrogens with two attached hydrogens (primary N) is 2. The molecule has 0 heterocycles. The summed E-state index contributed by atoms with van der Waals surface area (Å²) in [6, 6.07) is 6.63. The molecular weight excluding hydrogens is 509 g/mol. The van der Waals surface area contributed by atoms with Gasteiger partial charge in [-0.05, 0) is 61.4 Å². The van der Waals surface area contributed by atoms with Crippen LogP contribution in [0.15, 0.2) is 51.9 Å². The Bertz CT molecular complexity index is 1240. The van der Waals surface area contributed by atoms with Gasteiger partial charge in [-0.15, -0.1) is 9.42 Å². The van der Waals surface area contributed by atoms with E-state index >= 15 is 0 Å². The molecule has 188 valence electrons. The lowest BCUT2D eigenvalue weighted by Gasteiger charge is -2.10. The largest absolute Gasteiger partial charge is 0.694 e. The Morgan fingerprint density at radius 2 is 1.80 bits per heavy atom. The van der Waals surface area contributed by atoms with Crippen LogP contribution in [-0.2, 0) is 23.9 Å². The molecule has 0 aromatic heterocycles. The van der Waals surface area contributed by atoms with Crippen molar-refractivity contribution in [1.29, 1.82) is 0 Å². The summed E-state index contributed by atoms with van der Waals surface area (Å²) >= 11 is 0. The first-order chi connectivity index (χ1) is 16.4. The fraction of sp³-hybridized carbons (Fsp3) is 0.200. The molecule has 1 unspecified atom stereocenters. The topological polar surface area (TPSA) is 183 Å². The van der Waals surface area contributed by atoms with Gasteiger partial charge in [0.25, 0.3) is 5.91 Å². The molecule has 0 saturated heterocycles. The Labute approximate surface area is 200 Å². The van der Waals surface area contributed by atoms with Gasteiger partial charge < -0.3 is 16.2 Å². The minimum Gasteiger partial charge on any atom is -0.451 e. The number of ether oxygens (including phenoxy) is 1. The van der Waals surface area contributed by atoms with Gasteiger partial charge in [-0.3, -0.25) is 4.79 Å². The van der Waals surface area contributed by atoms with Gasteiger partial charge in [0, 0.05) is 16.7 Å². The zero-order chi connectivity index (χ0) is 26.2. The monoisotopic (exact) mass is 531 g/mol. The van der Waals surface area contributed by atoms with E-state index in [1.54, 1.807) is 0 Å². The second-order valence-electron chi connectivity index (χ2n) is 6.88. The van der Waals surface area contributed by atoms with Crippen molar-refractivity contribution in [2.24, 2.45) is 16.5 Å². The number of carbonyl (C=O) groups is 1. The molecule has 6 N–H and O–H groups in total. The zero-order valence-corrected chi connectivity index (χ0v) is 20.0. The number of benzene rings is 2. The summed E-state index contributed by atoms with van der Waals surface area (Å²) in [5.74, 6) is -4.13. The summed E-state index contributed by atoms with van der Waals surface area (Å²) in [4.78, 5) is 23.4. The molecule has 2 aromatic rings. The van der Waals surface area contributed by atoms with Crippen molar-refractivity contribution in [2.75, 3.05) is 13.2 Å². The van der Waals surface area contributed by atoms with Crippen LogP contribution in [0.25, 0.3) is 6.08 Å². The highest BCUT2D eigenvalue weighted by Gasteiger charge is 2.17. The number of nitrogens with zero attached hydrogens (tertiary/aromatic N) is 1. The highest BCUT2D eigenvalue weighted by atomic mass is 32.2. The van der Waals surface area contributed by atoms with Crippen molar-refractivity contribution in [3.05, 3.63) is 59.2 Å². The van der Waals surface area contributed by atoms with Crippen LogP contribution in [-0.4, -0.2) is 38.3 Å². The van der Waals surface area contributed by atoms with Crippen LogP contribution in [0.5, 0.6) is 11.5 Å². The van der Waals surface area contributed by atoms with Gasteiger partial charge >= 0.3 is 8.25 Å². The van der Waals surface area contributed by atoms with E-state index < -0.39 is 47.5 Å². The summed E-state index contributed by atoms with van der Waals surface area (Å²) < 4.78 is 75.8. The second-order valence-corrected chi connectivity index (χ2v) is 9.38. The van der Waals surface area contributed by atoms with Gasteiger partial charge in [-0.25, -0.2) is 21.9 Å². The smallest absolute Gasteiger partial charge is 0.451 e. The molecule has 0 bridgehead atoms. The number of nitrogens with one attached hydrogen (secondary N) is 1. The Kier molecular flexibility index (Phi) is 9.92. The Morgan fingerprint density at radius 1 is 1.20 bits per heavy atom. The molecule has 1 atom stereocenters. The molecule has 2 rings (SSSR count). The van der Waals surface area contributed by atoms with E-state index in [2.05, 4.69) is 14.2 Å². The standard InChI is InChI=1S/C20H21F2N4O7PS/c1-12(19(27)26-20(23)24)9-13-10-16(21)18(17(22)11-13)33-14-3-5-15(6-4-14)35(30,31)25-7-2-8-32-34(28)29/h3-6,9-11,25H,2,7-8H2,1H3,(H4-,23,24,26,27,28,29)/p+1/b12-9+. The number of rotatable bonds is 11. The number of sulfonamides is 1. The molecule has 11 nitrogen and oxygen atoms in total. The number of hydrogen-bond donors (Lipinski definition) is 4. The lowest BCUT2D eigenvalue weighted by atomic mass is 10.1. The molecule has 0 aliphatic carbocycles. The van der Waals surface area contributed by atoms with Crippen molar-refractivity contribution in [1.82, 2.24) is 4.72 Å². The van der Waals surface area contributed by atoms with E-state index in [1.807, 2.05) is 0 Å². The summed E-state index contributed by atoms with van der Waals surface area (Å²) in [5.41, 5.74) is 10.3. The Hall–Kier alpha value is -3.29. The van der Waals surface area contributed by atoms with Gasteiger partial charge in [-0.2, -0.15) is 4.99 Å². The maximum atomic E-state index is 14.5. The molecule has 0 radical (unpaired) electrons. The molecule has 0 spiro atoms. The molecule has 0 aliphatic heterocycles. The fourth-order valence-corrected chi connectivity index (χ4v) is 3.95. The van der Waals surface area contributed by atoms with Gasteiger partial charge in [0.15, 0.2) is 23.3 Å². The Balaban J connectivity index is 2.10. The van der Waals surface area contributed by atoms with E-state index in [4.69, 9.17) is 21.1 Å². The first kappa shape index (κ1) is 28.0. The number of aliphatic imine (C=N–C) groups is 1. The van der Waals surface area contributed by atoms with Crippen molar-refractivity contribution < 1.29 is 40.7 Å². The number of hydrogen-bond acceptors (Lipinski definition) is 6. The van der Waals surface area contributed by atoms with Crippen LogP contribution in [0.1, 0.15) is 18.9 Å². The van der Waals surface area contributed by atoms with E-state index in [0.29, 0.717) is 0 Å². The predicted molar refractivity (Wildman–Crippen MR) is 123 cm³/mol. The number of halogens is 2. The van der Waals surface area contributed by atoms with Crippen molar-refractivity contribution >= 4 is 36.2 Å². The molecule has 0 fully saturated rings. The van der Waals surface area contributed by atoms with Gasteiger partial charge in [0.2, 0.25) is 10.0 Å². The van der Waals surface area contributed by atoms with Crippen molar-refractivity contribution in [3.63, 3.8) is 0 Å². The SMILES string of the molecule is C/C(=C\c1cc(F)c(Oc2ccc(S(=O)(=O)NCCCO[P+](=O)O)cc2)c(F)c1)C(=O)N=C(N)N. The predicted octanol–water partition coefficient (Wildman–Crippen LogP) is 2.30. The highest BCUT2D eigenvalue weighted by Crippen LogP contribution is 2.30. The summed E-state index contributed by atoms with van der Waals surface area (Å²) in [6.45, 7) is 1.21. The second kappa shape index (κ2) is 12.4. The normalized spacial score (nSPS) is 12.2. The molecule has 0 aliphatic rings. The minimum absolute atomic E-state index is 0.0211. The third-order valence-electron chi connectivity index (χ3n) is 4.14. The maximum absolute atomic E-state index is 14.5. The molecular formula is C20H22F2N4O7PS+. The van der Waals surface area contributed by atoms with Crippen molar-refractivity contribution in [3.8, 4) is 11.5 Å². The zero-order valence-electron chi connectivity index (χ0n) is 18.3. The van der Waals surface area contributed by atoms with Gasteiger partial charge in [0.1, 0.15) is 12.4 Å². The molecule has 2 aromatic carbocycles. The van der Waals surface area contributed by atoms with Gasteiger partial charge in [-0.1, -0.05) is 0 Å². The molecule has 35 heavy (non-hydrogen) atoms. The van der Waals surface area contributed by atoms with Crippen molar-refractivity contribution in [2.45, 2.75) is 18.2 Å². The molecule has 0 saturated carbocycles. The molecule has 15 heteroatoms. The lowest BCUT2D eigenvalue weighted by molar-refractivity contribution is -0.114. The first-order valence-electron chi connectivity index (χ1n) is 9.77. The number of amides is 1. The van der Waals surface area contributed by atoms with Crippen LogP contribution >= 0.6 is 8.25 Å². The number of carbonyl (C=O) groups excluding carboxylic acids is 1. The highest BCUT2D eigenvalue weighted by molar-refractivity contribution is 7.89.